The minimum absolute atomic E-state index is 0.745. The Bertz CT molecular complexity index is 389. The number of hydrogen-bond donors (Lipinski definition) is 1. The molecule has 1 nitrogen and oxygen atoms in total. The van der Waals surface area contributed by atoms with E-state index in [0.29, 0.717) is 0 Å². The van der Waals surface area contributed by atoms with Crippen LogP contribution in [0.4, 0.5) is 0 Å². The highest BCUT2D eigenvalue weighted by atomic mass is 14.9. The fraction of sp³-hybridized carbons (Fsp3) is 0.667. The quantitative estimate of drug-likeness (QED) is 0.804. The summed E-state index contributed by atoms with van der Waals surface area (Å²) in [5.41, 5.74) is 4.23. The monoisotopic (exact) mass is 259 g/mol. The summed E-state index contributed by atoms with van der Waals surface area (Å²) >= 11 is 0. The summed E-state index contributed by atoms with van der Waals surface area (Å²) in [6.45, 7) is 7.73. The first-order chi connectivity index (χ1) is 9.19. The first-order valence-corrected chi connectivity index (χ1v) is 7.98. The number of nitrogens with one attached hydrogen (secondary N) is 1. The Labute approximate surface area is 118 Å². The van der Waals surface area contributed by atoms with Crippen LogP contribution in [0.25, 0.3) is 0 Å². The second kappa shape index (κ2) is 7.09. The average molecular weight is 259 g/mol. The zero-order valence-electron chi connectivity index (χ0n) is 12.8. The SMILES string of the molecule is CCCC1CCC(NCc2ccc(C)c(C)c2)CC1. The Balaban J connectivity index is 1.75. The van der Waals surface area contributed by atoms with E-state index < -0.39 is 0 Å². The summed E-state index contributed by atoms with van der Waals surface area (Å²) in [4.78, 5) is 0. The molecule has 1 fully saturated rings. The summed E-state index contributed by atoms with van der Waals surface area (Å²) in [6.07, 6.45) is 8.39. The molecule has 0 atom stereocenters. The highest BCUT2D eigenvalue weighted by molar-refractivity contribution is 5.29. The molecule has 1 aliphatic carbocycles. The van der Waals surface area contributed by atoms with E-state index in [0.717, 1.165) is 18.5 Å². The summed E-state index contributed by atoms with van der Waals surface area (Å²) in [6, 6.07) is 7.57. The van der Waals surface area contributed by atoms with Crippen LogP contribution in [0.15, 0.2) is 18.2 Å². The van der Waals surface area contributed by atoms with Crippen LogP contribution in [-0.2, 0) is 6.54 Å². The molecule has 1 aromatic rings. The molecule has 0 bridgehead atoms. The van der Waals surface area contributed by atoms with Crippen LogP contribution in [0.1, 0.15) is 62.1 Å². The zero-order valence-corrected chi connectivity index (χ0v) is 12.8. The molecule has 0 radical (unpaired) electrons. The lowest BCUT2D eigenvalue weighted by atomic mass is 9.83. The fourth-order valence-electron chi connectivity index (χ4n) is 3.24. The van der Waals surface area contributed by atoms with Crippen molar-refractivity contribution in [2.24, 2.45) is 5.92 Å². The van der Waals surface area contributed by atoms with Crippen molar-refractivity contribution in [2.75, 3.05) is 0 Å². The van der Waals surface area contributed by atoms with Gasteiger partial charge < -0.3 is 5.32 Å². The number of benzene rings is 1. The Morgan fingerprint density at radius 3 is 2.42 bits per heavy atom. The molecular formula is C18H29N. The normalized spacial score (nSPS) is 23.5. The van der Waals surface area contributed by atoms with Crippen molar-refractivity contribution in [3.8, 4) is 0 Å². The van der Waals surface area contributed by atoms with Crippen molar-refractivity contribution >= 4 is 0 Å². The number of hydrogen-bond acceptors (Lipinski definition) is 1. The van der Waals surface area contributed by atoms with E-state index in [4.69, 9.17) is 0 Å². The standard InChI is InChI=1S/C18H29N/c1-4-5-16-8-10-18(11-9-16)19-13-17-7-6-14(2)15(3)12-17/h6-7,12,16,18-19H,4-5,8-11,13H2,1-3H3. The molecule has 1 saturated carbocycles. The van der Waals surface area contributed by atoms with E-state index in [1.54, 1.807) is 0 Å². The van der Waals surface area contributed by atoms with Gasteiger partial charge in [-0.25, -0.2) is 0 Å². The highest BCUT2D eigenvalue weighted by Crippen LogP contribution is 2.27. The first-order valence-electron chi connectivity index (χ1n) is 7.98. The van der Waals surface area contributed by atoms with Crippen molar-refractivity contribution in [3.05, 3.63) is 34.9 Å². The fourth-order valence-corrected chi connectivity index (χ4v) is 3.24. The third-order valence-corrected chi connectivity index (χ3v) is 4.71. The Kier molecular flexibility index (Phi) is 5.45. The van der Waals surface area contributed by atoms with Crippen molar-refractivity contribution < 1.29 is 0 Å². The lowest BCUT2D eigenvalue weighted by Crippen LogP contribution is -2.32. The van der Waals surface area contributed by atoms with E-state index in [1.165, 1.54) is 55.2 Å². The number of rotatable bonds is 5. The lowest BCUT2D eigenvalue weighted by Gasteiger charge is -2.29. The Morgan fingerprint density at radius 1 is 1.05 bits per heavy atom. The third-order valence-electron chi connectivity index (χ3n) is 4.71. The van der Waals surface area contributed by atoms with Crippen LogP contribution in [0, 0.1) is 19.8 Å². The van der Waals surface area contributed by atoms with E-state index >= 15 is 0 Å². The molecule has 0 amide bonds. The second-order valence-electron chi connectivity index (χ2n) is 6.31. The van der Waals surface area contributed by atoms with Crippen LogP contribution in [0.3, 0.4) is 0 Å². The molecule has 1 N–H and O–H groups in total. The predicted molar refractivity (Wildman–Crippen MR) is 83.4 cm³/mol. The minimum Gasteiger partial charge on any atom is -0.310 e. The van der Waals surface area contributed by atoms with Crippen LogP contribution >= 0.6 is 0 Å². The minimum atomic E-state index is 0.745. The Hall–Kier alpha value is -0.820. The second-order valence-corrected chi connectivity index (χ2v) is 6.31. The molecule has 106 valence electrons. The molecule has 0 saturated heterocycles. The smallest absolute Gasteiger partial charge is 0.0208 e. The summed E-state index contributed by atoms with van der Waals surface area (Å²) in [5, 5.41) is 3.75. The maximum Gasteiger partial charge on any atom is 0.0208 e. The van der Waals surface area contributed by atoms with Crippen LogP contribution in [-0.4, -0.2) is 6.04 Å². The van der Waals surface area contributed by atoms with Crippen LogP contribution in [0.5, 0.6) is 0 Å². The van der Waals surface area contributed by atoms with Crippen LogP contribution < -0.4 is 5.32 Å². The van der Waals surface area contributed by atoms with E-state index in [9.17, 15) is 0 Å². The molecule has 1 aliphatic rings. The first kappa shape index (κ1) is 14.6. The van der Waals surface area contributed by atoms with Crippen molar-refractivity contribution in [2.45, 2.75) is 71.9 Å². The lowest BCUT2D eigenvalue weighted by molar-refractivity contribution is 0.277. The van der Waals surface area contributed by atoms with Crippen LogP contribution in [0.2, 0.25) is 0 Å². The summed E-state index contributed by atoms with van der Waals surface area (Å²) in [7, 11) is 0. The maximum absolute atomic E-state index is 3.75. The van der Waals surface area contributed by atoms with Gasteiger partial charge >= 0.3 is 0 Å². The molecule has 0 aromatic heterocycles. The van der Waals surface area contributed by atoms with Gasteiger partial charge in [0.1, 0.15) is 0 Å². The van der Waals surface area contributed by atoms with E-state index in [1.807, 2.05) is 0 Å². The average Bonchev–Trinajstić information content (AvgIpc) is 2.42. The van der Waals surface area contributed by atoms with Gasteiger partial charge in [0.05, 0.1) is 0 Å². The molecule has 1 heteroatoms. The molecule has 2 rings (SSSR count). The molecule has 0 aliphatic heterocycles. The largest absolute Gasteiger partial charge is 0.310 e. The number of aryl methyl sites for hydroxylation is 2. The van der Waals surface area contributed by atoms with Gasteiger partial charge in [0.15, 0.2) is 0 Å². The van der Waals surface area contributed by atoms with Gasteiger partial charge in [0.25, 0.3) is 0 Å². The van der Waals surface area contributed by atoms with Crippen molar-refractivity contribution in [1.29, 1.82) is 0 Å². The maximum atomic E-state index is 3.75. The molecule has 0 spiro atoms. The van der Waals surface area contributed by atoms with Crippen molar-refractivity contribution in [1.82, 2.24) is 5.32 Å². The topological polar surface area (TPSA) is 12.0 Å². The van der Waals surface area contributed by atoms with Gasteiger partial charge in [-0.2, -0.15) is 0 Å². The van der Waals surface area contributed by atoms with Gasteiger partial charge in [-0.05, 0) is 62.1 Å². The van der Waals surface area contributed by atoms with E-state index in [2.05, 4.69) is 44.3 Å². The highest BCUT2D eigenvalue weighted by Gasteiger charge is 2.19. The van der Waals surface area contributed by atoms with Crippen molar-refractivity contribution in [3.63, 3.8) is 0 Å². The molecule has 19 heavy (non-hydrogen) atoms. The third kappa shape index (κ3) is 4.35. The molecular weight excluding hydrogens is 230 g/mol. The van der Waals surface area contributed by atoms with Gasteiger partial charge in [-0.1, -0.05) is 38.0 Å². The molecule has 1 aromatic carbocycles. The summed E-state index contributed by atoms with van der Waals surface area (Å²) in [5.74, 6) is 1.00. The van der Waals surface area contributed by atoms with Gasteiger partial charge in [-0.15, -0.1) is 0 Å². The zero-order chi connectivity index (χ0) is 13.7. The Morgan fingerprint density at radius 2 is 1.79 bits per heavy atom. The molecule has 0 heterocycles. The van der Waals surface area contributed by atoms with Gasteiger partial charge in [0.2, 0.25) is 0 Å². The summed E-state index contributed by atoms with van der Waals surface area (Å²) < 4.78 is 0. The predicted octanol–water partition coefficient (Wildman–Crippen LogP) is 4.75. The van der Waals surface area contributed by atoms with Gasteiger partial charge in [0, 0.05) is 12.6 Å². The van der Waals surface area contributed by atoms with Gasteiger partial charge in [-0.3, -0.25) is 0 Å². The molecule has 0 unspecified atom stereocenters. The van der Waals surface area contributed by atoms with E-state index in [-0.39, 0.29) is 0 Å².